The molecule has 11 nitrogen and oxygen atoms in total. The van der Waals surface area contributed by atoms with Crippen LogP contribution in [0.5, 0.6) is 0 Å². The standard InChI is InChI=1S/C33H45NO10.BrH/c1-17(35)44-33-21-19(14-31(38,28(42-6)26(33)36)27(21)43-29(37)18-10-8-7-9-11-18)32-20(40-4)12-13-30(16-39-3)15-34(2)25(32)22(33)23(41-5)24(30)32;/h7-11,19-28,36,38H,12-16H2,1-6H3;1H/t19?,20-,21?,22+,23+,24?,25-,26?,27-,28?,30+,31+,32+,33-;/m1./s1. The molecule has 12 heteroatoms. The van der Waals surface area contributed by atoms with Gasteiger partial charge in [0.25, 0.3) is 0 Å². The lowest BCUT2D eigenvalue weighted by molar-refractivity contribution is -0.316. The lowest BCUT2D eigenvalue weighted by Crippen LogP contribution is -2.80. The van der Waals surface area contributed by atoms with Gasteiger partial charge in [-0.05, 0) is 44.4 Å². The van der Waals surface area contributed by atoms with Crippen LogP contribution in [0.2, 0.25) is 0 Å². The molecule has 5 aliphatic carbocycles. The number of esters is 2. The van der Waals surface area contributed by atoms with E-state index in [-0.39, 0.29) is 52.8 Å². The second kappa shape index (κ2) is 11.2. The van der Waals surface area contributed by atoms with Crippen molar-refractivity contribution in [2.24, 2.45) is 34.5 Å². The topological polar surface area (TPSA) is 133 Å². The van der Waals surface area contributed by atoms with Gasteiger partial charge in [0.05, 0.1) is 24.4 Å². The number of ether oxygens (including phenoxy) is 6. The van der Waals surface area contributed by atoms with E-state index in [0.717, 1.165) is 19.4 Å². The summed E-state index contributed by atoms with van der Waals surface area (Å²) < 4.78 is 37.5. The Morgan fingerprint density at radius 2 is 1.73 bits per heavy atom. The van der Waals surface area contributed by atoms with Crippen LogP contribution in [0.4, 0.5) is 0 Å². The molecule has 1 aromatic rings. The molecular formula is C33H46BrNO10. The number of nitrogens with zero attached hydrogens (tertiary/aromatic N) is 1. The van der Waals surface area contributed by atoms with Crippen molar-refractivity contribution in [3.63, 3.8) is 0 Å². The highest BCUT2D eigenvalue weighted by Gasteiger charge is 2.91. The highest BCUT2D eigenvalue weighted by atomic mass is 79.9. The largest absolute Gasteiger partial charge is 0.455 e. The summed E-state index contributed by atoms with van der Waals surface area (Å²) in [5, 5.41) is 25.1. The fourth-order valence-corrected chi connectivity index (χ4v) is 12.3. The van der Waals surface area contributed by atoms with E-state index in [2.05, 4.69) is 11.9 Å². The molecule has 7 rings (SSSR count). The second-order valence-electron chi connectivity index (χ2n) is 14.2. The number of methoxy groups -OCH3 is 4. The number of aliphatic hydroxyl groups excluding tert-OH is 1. The van der Waals surface area contributed by atoms with Gasteiger partial charge >= 0.3 is 11.9 Å². The first-order valence-electron chi connectivity index (χ1n) is 15.7. The molecule has 0 amide bonds. The molecule has 7 bridgehead atoms. The minimum absolute atomic E-state index is 0. The zero-order valence-corrected chi connectivity index (χ0v) is 28.4. The highest BCUT2D eigenvalue weighted by Crippen LogP contribution is 2.80. The van der Waals surface area contributed by atoms with Crippen molar-refractivity contribution >= 4 is 28.9 Å². The third-order valence-electron chi connectivity index (χ3n) is 12.8. The average Bonchev–Trinajstić information content (AvgIpc) is 3.39. The van der Waals surface area contributed by atoms with E-state index >= 15 is 0 Å². The number of hydrogen-bond acceptors (Lipinski definition) is 11. The average molecular weight is 697 g/mol. The minimum Gasteiger partial charge on any atom is -0.455 e. The number of aliphatic hydroxyl groups is 2. The van der Waals surface area contributed by atoms with Gasteiger partial charge in [0, 0.05) is 76.5 Å². The van der Waals surface area contributed by atoms with Crippen LogP contribution in [-0.4, -0.2) is 123 Å². The summed E-state index contributed by atoms with van der Waals surface area (Å²) in [7, 11) is 8.63. The fraction of sp³-hybridized carbons (Fsp3) is 0.758. The maximum absolute atomic E-state index is 13.7. The summed E-state index contributed by atoms with van der Waals surface area (Å²) in [4.78, 5) is 29.2. The summed E-state index contributed by atoms with van der Waals surface area (Å²) in [6, 6.07) is 8.39. The Hall–Kier alpha value is -1.64. The summed E-state index contributed by atoms with van der Waals surface area (Å²) in [6.07, 6.45) is -2.66. The van der Waals surface area contributed by atoms with Crippen molar-refractivity contribution < 1.29 is 48.2 Å². The first kappa shape index (κ1) is 33.3. The van der Waals surface area contributed by atoms with E-state index in [0.29, 0.717) is 12.2 Å². The van der Waals surface area contributed by atoms with Gasteiger partial charge in [-0.3, -0.25) is 4.79 Å². The number of fused-ring (bicyclic) bond motifs is 2. The molecule has 250 valence electrons. The Bertz CT molecular complexity index is 1320. The molecule has 1 saturated heterocycles. The number of hydrogen-bond donors (Lipinski definition) is 2. The van der Waals surface area contributed by atoms with Crippen molar-refractivity contribution in [1.29, 1.82) is 0 Å². The second-order valence-corrected chi connectivity index (χ2v) is 14.2. The monoisotopic (exact) mass is 695 g/mol. The predicted molar refractivity (Wildman–Crippen MR) is 165 cm³/mol. The van der Waals surface area contributed by atoms with Gasteiger partial charge in [-0.15, -0.1) is 17.0 Å². The molecule has 1 heterocycles. The van der Waals surface area contributed by atoms with Crippen LogP contribution in [-0.2, 0) is 33.2 Å². The third-order valence-corrected chi connectivity index (χ3v) is 12.8. The number of benzene rings is 1. The maximum Gasteiger partial charge on any atom is 0.338 e. The Balaban J connectivity index is 0.00000357. The van der Waals surface area contributed by atoms with E-state index < -0.39 is 64.8 Å². The van der Waals surface area contributed by atoms with E-state index in [4.69, 9.17) is 28.4 Å². The molecule has 5 unspecified atom stereocenters. The Morgan fingerprint density at radius 1 is 1.02 bits per heavy atom. The van der Waals surface area contributed by atoms with Crippen LogP contribution in [0.25, 0.3) is 0 Å². The third kappa shape index (κ3) is 3.88. The van der Waals surface area contributed by atoms with E-state index in [1.165, 1.54) is 14.0 Å². The molecule has 6 fully saturated rings. The van der Waals surface area contributed by atoms with Crippen molar-refractivity contribution in [3.05, 3.63) is 35.9 Å². The van der Waals surface area contributed by atoms with Crippen LogP contribution in [0.3, 0.4) is 0 Å². The zero-order chi connectivity index (χ0) is 31.4. The quantitative estimate of drug-likeness (QED) is 0.386. The molecule has 5 saturated carbocycles. The van der Waals surface area contributed by atoms with Crippen molar-refractivity contribution in [1.82, 2.24) is 4.90 Å². The summed E-state index contributed by atoms with van der Waals surface area (Å²) in [5.74, 6) is -2.96. The lowest BCUT2D eigenvalue weighted by atomic mass is 9.43. The maximum atomic E-state index is 13.7. The molecule has 1 aromatic carbocycles. The van der Waals surface area contributed by atoms with E-state index in [9.17, 15) is 19.8 Å². The van der Waals surface area contributed by atoms with Gasteiger partial charge < -0.3 is 43.5 Å². The summed E-state index contributed by atoms with van der Waals surface area (Å²) in [5.41, 5.74) is -3.93. The molecule has 1 aliphatic heterocycles. The summed E-state index contributed by atoms with van der Waals surface area (Å²) >= 11 is 0. The molecule has 0 aromatic heterocycles. The first-order valence-corrected chi connectivity index (χ1v) is 15.7. The van der Waals surface area contributed by atoms with Gasteiger partial charge in [-0.2, -0.15) is 0 Å². The SMILES string of the molecule is Br.COC[C@@]12CC[C@@H](OC)[C@@]34C5C[C@@]6(O)C(OC)C(O)[C@@](OC(C)=O)(C5[C@H]6OC(=O)c5ccccc5)[C@@H]([C@H](OC)C13)[C@H]4N(C)C2. The van der Waals surface area contributed by atoms with Crippen LogP contribution in [0.15, 0.2) is 30.3 Å². The van der Waals surface area contributed by atoms with Crippen LogP contribution in [0.1, 0.15) is 36.5 Å². The number of rotatable bonds is 8. The van der Waals surface area contributed by atoms with Gasteiger partial charge in [0.15, 0.2) is 5.60 Å². The number of carbonyl (C=O) groups excluding carboxylic acids is 2. The van der Waals surface area contributed by atoms with E-state index in [1.54, 1.807) is 45.6 Å². The van der Waals surface area contributed by atoms with Crippen LogP contribution in [0, 0.1) is 34.5 Å². The Labute approximate surface area is 274 Å². The number of likely N-dealkylation sites (tertiary alicyclic amines) is 1. The first-order chi connectivity index (χ1) is 21.0. The van der Waals surface area contributed by atoms with Crippen molar-refractivity contribution in [2.45, 2.75) is 73.9 Å². The summed E-state index contributed by atoms with van der Waals surface area (Å²) in [6.45, 7) is 2.56. The molecule has 1 spiro atoms. The minimum atomic E-state index is -1.76. The number of halogens is 1. The van der Waals surface area contributed by atoms with Gasteiger partial charge in [0.2, 0.25) is 0 Å². The molecule has 0 radical (unpaired) electrons. The normalized spacial score (nSPS) is 48.8. The van der Waals surface area contributed by atoms with Gasteiger partial charge in [-0.25, -0.2) is 4.79 Å². The molecule has 14 atom stereocenters. The van der Waals surface area contributed by atoms with Gasteiger partial charge in [-0.1, -0.05) is 18.2 Å². The fourth-order valence-electron chi connectivity index (χ4n) is 12.3. The van der Waals surface area contributed by atoms with Crippen molar-refractivity contribution in [3.8, 4) is 0 Å². The smallest absolute Gasteiger partial charge is 0.338 e. The van der Waals surface area contributed by atoms with Crippen LogP contribution >= 0.6 is 17.0 Å². The molecule has 45 heavy (non-hydrogen) atoms. The Morgan fingerprint density at radius 3 is 2.33 bits per heavy atom. The lowest BCUT2D eigenvalue weighted by Gasteiger charge is -2.69. The zero-order valence-electron chi connectivity index (χ0n) is 26.7. The molecular weight excluding hydrogens is 650 g/mol. The van der Waals surface area contributed by atoms with E-state index in [1.807, 2.05) is 6.07 Å². The molecule has 6 aliphatic rings. The molecule has 2 N–H and O–H groups in total. The van der Waals surface area contributed by atoms with Crippen LogP contribution < -0.4 is 0 Å². The Kier molecular flexibility index (Phi) is 8.30. The number of carbonyl (C=O) groups is 2. The van der Waals surface area contributed by atoms with Gasteiger partial charge in [0.1, 0.15) is 23.9 Å². The highest BCUT2D eigenvalue weighted by molar-refractivity contribution is 8.93. The number of piperidine rings is 1. The van der Waals surface area contributed by atoms with Crippen molar-refractivity contribution in [2.75, 3.05) is 48.6 Å². The predicted octanol–water partition coefficient (Wildman–Crippen LogP) is 1.87.